The van der Waals surface area contributed by atoms with Gasteiger partial charge in [-0.15, -0.1) is 11.3 Å². The van der Waals surface area contributed by atoms with Gasteiger partial charge in [-0.05, 0) is 36.4 Å². The Morgan fingerprint density at radius 3 is 2.72 bits per heavy atom. The van der Waals surface area contributed by atoms with Crippen molar-refractivity contribution in [2.24, 2.45) is 0 Å². The molecule has 0 aliphatic carbocycles. The Kier molecular flexibility index (Phi) is 4.15. The first-order chi connectivity index (χ1) is 8.66. The fourth-order valence-corrected chi connectivity index (χ4v) is 2.72. The quantitative estimate of drug-likeness (QED) is 0.895. The van der Waals surface area contributed by atoms with Gasteiger partial charge in [-0.25, -0.2) is 0 Å². The second-order valence-electron chi connectivity index (χ2n) is 4.40. The van der Waals surface area contributed by atoms with Crippen LogP contribution >= 0.6 is 11.3 Å². The highest BCUT2D eigenvalue weighted by molar-refractivity contribution is 7.10. The minimum atomic E-state index is 0.0543. The molecule has 1 amide bonds. The Morgan fingerprint density at radius 1 is 1.28 bits per heavy atom. The van der Waals surface area contributed by atoms with E-state index in [4.69, 9.17) is 0 Å². The summed E-state index contributed by atoms with van der Waals surface area (Å²) in [6, 6.07) is 12.2. The van der Waals surface area contributed by atoms with Gasteiger partial charge in [0.2, 0.25) is 5.91 Å². The third-order valence-corrected chi connectivity index (χ3v) is 3.82. The number of aryl methyl sites for hydroxylation is 1. The maximum Gasteiger partial charge on any atom is 0.225 e. The van der Waals surface area contributed by atoms with Gasteiger partial charge >= 0.3 is 0 Å². The summed E-state index contributed by atoms with van der Waals surface area (Å²) in [5, 5.41) is 5.04. The van der Waals surface area contributed by atoms with E-state index in [1.807, 2.05) is 36.6 Å². The zero-order valence-corrected chi connectivity index (χ0v) is 11.5. The molecule has 2 rings (SSSR count). The lowest BCUT2D eigenvalue weighted by atomic mass is 10.0. The lowest BCUT2D eigenvalue weighted by molar-refractivity contribution is -0.121. The molecule has 1 heterocycles. The summed E-state index contributed by atoms with van der Waals surface area (Å²) in [6.45, 7) is 4.09. The minimum absolute atomic E-state index is 0.0543. The molecule has 1 atom stereocenters. The maximum absolute atomic E-state index is 11.9. The number of hydrogen-bond donors (Lipinski definition) is 1. The molecular formula is C15H17NOS. The molecule has 1 aromatic carbocycles. The monoisotopic (exact) mass is 259 g/mol. The fraction of sp³-hybridized carbons (Fsp3) is 0.267. The van der Waals surface area contributed by atoms with Crippen molar-refractivity contribution in [1.29, 1.82) is 0 Å². The number of thiophene rings is 1. The predicted octanol–water partition coefficient (Wildman–Crippen LogP) is 3.48. The lowest BCUT2D eigenvalue weighted by Crippen LogP contribution is -2.28. The van der Waals surface area contributed by atoms with Crippen LogP contribution in [0, 0.1) is 6.92 Å². The van der Waals surface area contributed by atoms with E-state index in [-0.39, 0.29) is 11.9 Å². The van der Waals surface area contributed by atoms with E-state index in [0.29, 0.717) is 6.42 Å². The molecule has 0 fully saturated rings. The SMILES string of the molecule is Cc1ccccc1[C@@H](C)NC(=O)Cc1cccs1. The van der Waals surface area contributed by atoms with Gasteiger partial charge < -0.3 is 5.32 Å². The summed E-state index contributed by atoms with van der Waals surface area (Å²) in [4.78, 5) is 13.0. The van der Waals surface area contributed by atoms with Crippen molar-refractivity contribution in [2.75, 3.05) is 0 Å². The van der Waals surface area contributed by atoms with E-state index in [2.05, 4.69) is 24.4 Å². The summed E-state index contributed by atoms with van der Waals surface area (Å²) >= 11 is 1.62. The van der Waals surface area contributed by atoms with Crippen LogP contribution in [0.4, 0.5) is 0 Å². The Hall–Kier alpha value is -1.61. The van der Waals surface area contributed by atoms with E-state index in [1.165, 1.54) is 11.1 Å². The van der Waals surface area contributed by atoms with Crippen molar-refractivity contribution < 1.29 is 4.79 Å². The third-order valence-electron chi connectivity index (χ3n) is 2.95. The zero-order valence-electron chi connectivity index (χ0n) is 10.6. The molecule has 0 bridgehead atoms. The van der Waals surface area contributed by atoms with E-state index >= 15 is 0 Å². The van der Waals surface area contributed by atoms with E-state index in [9.17, 15) is 4.79 Å². The summed E-state index contributed by atoms with van der Waals surface area (Å²) in [7, 11) is 0. The third kappa shape index (κ3) is 3.20. The molecule has 0 spiro atoms. The van der Waals surface area contributed by atoms with Crippen LogP contribution in [0.3, 0.4) is 0 Å². The topological polar surface area (TPSA) is 29.1 Å². The number of amides is 1. The number of rotatable bonds is 4. The van der Waals surface area contributed by atoms with E-state index in [0.717, 1.165) is 4.88 Å². The standard InChI is InChI=1S/C15H17NOS/c1-11-6-3-4-8-14(11)12(2)16-15(17)10-13-7-5-9-18-13/h3-9,12H,10H2,1-2H3,(H,16,17)/t12-/m1/s1. The predicted molar refractivity (Wildman–Crippen MR) is 75.8 cm³/mol. The molecule has 0 aliphatic heterocycles. The normalized spacial score (nSPS) is 12.1. The molecule has 2 aromatic rings. The fourth-order valence-electron chi connectivity index (χ4n) is 2.01. The Morgan fingerprint density at radius 2 is 2.06 bits per heavy atom. The van der Waals surface area contributed by atoms with Crippen LogP contribution < -0.4 is 5.32 Å². The van der Waals surface area contributed by atoms with Crippen molar-refractivity contribution in [1.82, 2.24) is 5.32 Å². The van der Waals surface area contributed by atoms with Gasteiger partial charge in [0.1, 0.15) is 0 Å². The van der Waals surface area contributed by atoms with Crippen molar-refractivity contribution in [3.8, 4) is 0 Å². The summed E-state index contributed by atoms with van der Waals surface area (Å²) in [5.74, 6) is 0.0770. The number of carbonyl (C=O) groups excluding carboxylic acids is 1. The van der Waals surface area contributed by atoms with Crippen molar-refractivity contribution in [3.05, 3.63) is 57.8 Å². The van der Waals surface area contributed by atoms with Crippen molar-refractivity contribution >= 4 is 17.2 Å². The molecule has 18 heavy (non-hydrogen) atoms. The molecular weight excluding hydrogens is 242 g/mol. The van der Waals surface area contributed by atoms with Gasteiger partial charge in [0.15, 0.2) is 0 Å². The Balaban J connectivity index is 1.97. The number of hydrogen-bond acceptors (Lipinski definition) is 2. The number of nitrogens with one attached hydrogen (secondary N) is 1. The van der Waals surface area contributed by atoms with Crippen LogP contribution in [0.15, 0.2) is 41.8 Å². The van der Waals surface area contributed by atoms with Crippen LogP contribution in [0.5, 0.6) is 0 Å². The molecule has 0 saturated carbocycles. The Labute approximate surface area is 112 Å². The van der Waals surface area contributed by atoms with Gasteiger partial charge in [-0.3, -0.25) is 4.79 Å². The van der Waals surface area contributed by atoms with Gasteiger partial charge in [-0.1, -0.05) is 30.3 Å². The van der Waals surface area contributed by atoms with Gasteiger partial charge in [0.25, 0.3) is 0 Å². The first-order valence-electron chi connectivity index (χ1n) is 6.04. The maximum atomic E-state index is 11.9. The molecule has 1 N–H and O–H groups in total. The second kappa shape index (κ2) is 5.83. The van der Waals surface area contributed by atoms with E-state index in [1.54, 1.807) is 11.3 Å². The highest BCUT2D eigenvalue weighted by atomic mass is 32.1. The minimum Gasteiger partial charge on any atom is -0.349 e. The summed E-state index contributed by atoms with van der Waals surface area (Å²) < 4.78 is 0. The van der Waals surface area contributed by atoms with E-state index < -0.39 is 0 Å². The first kappa shape index (κ1) is 12.8. The second-order valence-corrected chi connectivity index (χ2v) is 5.43. The molecule has 0 saturated heterocycles. The zero-order chi connectivity index (χ0) is 13.0. The molecule has 94 valence electrons. The van der Waals surface area contributed by atoms with Crippen LogP contribution in [-0.4, -0.2) is 5.91 Å². The van der Waals surface area contributed by atoms with Gasteiger partial charge in [-0.2, -0.15) is 0 Å². The average Bonchev–Trinajstić information content (AvgIpc) is 2.82. The van der Waals surface area contributed by atoms with Crippen molar-refractivity contribution in [3.63, 3.8) is 0 Å². The Bertz CT molecular complexity index is 519. The van der Waals surface area contributed by atoms with Gasteiger partial charge in [0, 0.05) is 4.88 Å². The number of carbonyl (C=O) groups is 1. The average molecular weight is 259 g/mol. The first-order valence-corrected chi connectivity index (χ1v) is 6.92. The molecule has 0 aliphatic rings. The number of benzene rings is 1. The van der Waals surface area contributed by atoms with Crippen LogP contribution in [-0.2, 0) is 11.2 Å². The van der Waals surface area contributed by atoms with Gasteiger partial charge in [0.05, 0.1) is 12.5 Å². The largest absolute Gasteiger partial charge is 0.349 e. The summed E-state index contributed by atoms with van der Waals surface area (Å²) in [5.41, 5.74) is 2.39. The van der Waals surface area contributed by atoms with Crippen LogP contribution in [0.25, 0.3) is 0 Å². The molecule has 0 radical (unpaired) electrons. The molecule has 0 unspecified atom stereocenters. The highest BCUT2D eigenvalue weighted by Gasteiger charge is 2.11. The van der Waals surface area contributed by atoms with Crippen LogP contribution in [0.1, 0.15) is 29.0 Å². The molecule has 1 aromatic heterocycles. The lowest BCUT2D eigenvalue weighted by Gasteiger charge is -2.16. The smallest absolute Gasteiger partial charge is 0.225 e. The summed E-state index contributed by atoms with van der Waals surface area (Å²) in [6.07, 6.45) is 0.466. The van der Waals surface area contributed by atoms with Crippen molar-refractivity contribution in [2.45, 2.75) is 26.3 Å². The molecule has 3 heteroatoms. The highest BCUT2D eigenvalue weighted by Crippen LogP contribution is 2.17. The van der Waals surface area contributed by atoms with Crippen LogP contribution in [0.2, 0.25) is 0 Å². The molecule has 2 nitrogen and oxygen atoms in total.